The molecule has 2 aliphatic rings. The smallest absolute Gasteiger partial charge is 0.182 e. The van der Waals surface area contributed by atoms with Crippen molar-refractivity contribution < 1.29 is 9.15 Å². The van der Waals surface area contributed by atoms with Gasteiger partial charge in [-0.25, -0.2) is 4.98 Å². The van der Waals surface area contributed by atoms with E-state index in [-0.39, 0.29) is 5.43 Å². The second-order valence-corrected chi connectivity index (χ2v) is 5.38. The average molecular weight is 297 g/mol. The maximum atomic E-state index is 11.4. The Kier molecular flexibility index (Phi) is 4.37. The topological polar surface area (TPSA) is 52.3 Å². The zero-order valence-corrected chi connectivity index (χ0v) is 12.7. The summed E-state index contributed by atoms with van der Waals surface area (Å²) in [5.41, 5.74) is 1.98. The summed E-state index contributed by atoms with van der Waals surface area (Å²) in [7, 11) is 0. The van der Waals surface area contributed by atoms with Gasteiger partial charge in [-0.2, -0.15) is 0 Å². The van der Waals surface area contributed by atoms with Crippen LogP contribution in [-0.4, -0.2) is 11.6 Å². The molecular formula is C18H19NO3. The Morgan fingerprint density at radius 2 is 2.00 bits per heavy atom. The first-order valence-electron chi connectivity index (χ1n) is 7.74. The Labute approximate surface area is 129 Å². The molecule has 0 saturated carbocycles. The van der Waals surface area contributed by atoms with Crippen LogP contribution in [0.2, 0.25) is 0 Å². The monoisotopic (exact) mass is 297 g/mol. The lowest BCUT2D eigenvalue weighted by atomic mass is 10.2. The van der Waals surface area contributed by atoms with Crippen molar-refractivity contribution in [1.82, 2.24) is 4.98 Å². The number of hydrogen-bond acceptors (Lipinski definition) is 4. The lowest BCUT2D eigenvalue weighted by molar-refractivity contribution is 0.305. The average Bonchev–Trinajstić information content (AvgIpc) is 2.52. The molecule has 1 aliphatic heterocycles. The van der Waals surface area contributed by atoms with Crippen LogP contribution in [0.15, 0.2) is 45.6 Å². The van der Waals surface area contributed by atoms with Crippen LogP contribution in [0.25, 0.3) is 22.6 Å². The minimum Gasteiger partial charge on any atom is -0.493 e. The molecule has 0 amide bonds. The van der Waals surface area contributed by atoms with E-state index in [2.05, 4.69) is 11.9 Å². The van der Waals surface area contributed by atoms with Crippen molar-refractivity contribution in [2.24, 2.45) is 0 Å². The van der Waals surface area contributed by atoms with Gasteiger partial charge in [-0.05, 0) is 30.7 Å². The zero-order chi connectivity index (χ0) is 15.4. The molecule has 114 valence electrons. The summed E-state index contributed by atoms with van der Waals surface area (Å²) in [6.45, 7) is 2.90. The number of ether oxygens (including phenoxy) is 1. The summed E-state index contributed by atoms with van der Waals surface area (Å²) in [6.07, 6.45) is 4.70. The van der Waals surface area contributed by atoms with Crippen LogP contribution in [0.3, 0.4) is 0 Å². The van der Waals surface area contributed by atoms with Crippen molar-refractivity contribution in [1.29, 1.82) is 0 Å². The van der Waals surface area contributed by atoms with Crippen molar-refractivity contribution >= 4 is 11.1 Å². The molecule has 0 fully saturated rings. The van der Waals surface area contributed by atoms with Gasteiger partial charge >= 0.3 is 0 Å². The van der Waals surface area contributed by atoms with E-state index in [0.29, 0.717) is 23.6 Å². The Balaban J connectivity index is 1.81. The number of aromatic nitrogens is 1. The highest BCUT2D eigenvalue weighted by Gasteiger charge is 2.09. The quantitative estimate of drug-likeness (QED) is 0.504. The van der Waals surface area contributed by atoms with Gasteiger partial charge in [-0.15, -0.1) is 0 Å². The highest BCUT2D eigenvalue weighted by molar-refractivity contribution is 5.77. The molecule has 0 atom stereocenters. The van der Waals surface area contributed by atoms with Gasteiger partial charge in [-0.1, -0.05) is 26.2 Å². The molecule has 1 aromatic rings. The van der Waals surface area contributed by atoms with E-state index in [1.165, 1.54) is 31.4 Å². The van der Waals surface area contributed by atoms with Gasteiger partial charge in [-0.3, -0.25) is 4.79 Å². The number of hydrogen-bond donors (Lipinski definition) is 0. The standard InChI is InChI=1S/C18H19NO3/c1-2-3-4-5-10-21-14-7-9-16-18(12-14)22-17-11-13(20)6-8-15(17)19-16/h6-9,11-12H,2-5,10H2,1H3. The third-order valence-electron chi connectivity index (χ3n) is 3.59. The largest absolute Gasteiger partial charge is 0.493 e. The van der Waals surface area contributed by atoms with E-state index < -0.39 is 0 Å². The summed E-state index contributed by atoms with van der Waals surface area (Å²) in [5, 5.41) is 0. The maximum absolute atomic E-state index is 11.4. The Morgan fingerprint density at radius 1 is 1.09 bits per heavy atom. The van der Waals surface area contributed by atoms with Crippen LogP contribution in [0.1, 0.15) is 32.6 Å². The first-order chi connectivity index (χ1) is 10.8. The minimum atomic E-state index is -0.0827. The van der Waals surface area contributed by atoms with E-state index in [0.717, 1.165) is 17.7 Å². The van der Waals surface area contributed by atoms with Gasteiger partial charge in [0.2, 0.25) is 0 Å². The molecule has 0 bridgehead atoms. The molecule has 0 radical (unpaired) electrons. The van der Waals surface area contributed by atoms with Crippen LogP contribution in [0, 0.1) is 0 Å². The summed E-state index contributed by atoms with van der Waals surface area (Å²) in [5.74, 6) is 1.27. The van der Waals surface area contributed by atoms with Crippen LogP contribution >= 0.6 is 0 Å². The third-order valence-corrected chi connectivity index (χ3v) is 3.59. The fourth-order valence-electron chi connectivity index (χ4n) is 2.39. The van der Waals surface area contributed by atoms with E-state index >= 15 is 0 Å². The summed E-state index contributed by atoms with van der Waals surface area (Å²) >= 11 is 0. The van der Waals surface area contributed by atoms with Crippen LogP contribution < -0.4 is 10.2 Å². The SMILES string of the molecule is CCCCCCOc1ccc2nc3ccc(=O)cc-3oc2c1. The fourth-order valence-corrected chi connectivity index (χ4v) is 2.39. The molecule has 0 aromatic heterocycles. The summed E-state index contributed by atoms with van der Waals surface area (Å²) in [4.78, 5) is 15.9. The van der Waals surface area contributed by atoms with Crippen LogP contribution in [0.5, 0.6) is 5.75 Å². The van der Waals surface area contributed by atoms with Gasteiger partial charge < -0.3 is 9.15 Å². The summed E-state index contributed by atoms with van der Waals surface area (Å²) in [6, 6.07) is 10.2. The minimum absolute atomic E-state index is 0.0827. The highest BCUT2D eigenvalue weighted by Crippen LogP contribution is 2.26. The van der Waals surface area contributed by atoms with Crippen molar-refractivity contribution in [3.8, 4) is 17.2 Å². The van der Waals surface area contributed by atoms with Crippen molar-refractivity contribution in [2.45, 2.75) is 32.6 Å². The molecule has 0 N–H and O–H groups in total. The van der Waals surface area contributed by atoms with E-state index in [9.17, 15) is 4.79 Å². The lowest BCUT2D eigenvalue weighted by Gasteiger charge is -2.08. The highest BCUT2D eigenvalue weighted by atomic mass is 16.5. The molecule has 0 saturated heterocycles. The molecule has 4 nitrogen and oxygen atoms in total. The van der Waals surface area contributed by atoms with Crippen LogP contribution in [0.4, 0.5) is 0 Å². The Morgan fingerprint density at radius 3 is 2.86 bits per heavy atom. The molecule has 22 heavy (non-hydrogen) atoms. The van der Waals surface area contributed by atoms with Crippen molar-refractivity contribution in [3.05, 3.63) is 46.6 Å². The lowest BCUT2D eigenvalue weighted by Crippen LogP contribution is -2.00. The first kappa shape index (κ1) is 14.6. The zero-order valence-electron chi connectivity index (χ0n) is 12.7. The Bertz CT molecular complexity index is 794. The third kappa shape index (κ3) is 3.27. The second kappa shape index (κ2) is 6.60. The number of unbranched alkanes of at least 4 members (excludes halogenated alkanes) is 3. The van der Waals surface area contributed by atoms with Gasteiger partial charge in [0.15, 0.2) is 16.8 Å². The van der Waals surface area contributed by atoms with Crippen LogP contribution in [-0.2, 0) is 0 Å². The predicted molar refractivity (Wildman–Crippen MR) is 86.5 cm³/mol. The Hall–Kier alpha value is -2.36. The first-order valence-corrected chi connectivity index (χ1v) is 7.74. The maximum Gasteiger partial charge on any atom is 0.182 e. The molecular weight excluding hydrogens is 278 g/mol. The number of benzene rings is 2. The summed E-state index contributed by atoms with van der Waals surface area (Å²) < 4.78 is 11.5. The fraction of sp³-hybridized carbons (Fsp3) is 0.333. The molecule has 1 aromatic carbocycles. The molecule has 4 heteroatoms. The van der Waals surface area contributed by atoms with E-state index in [4.69, 9.17) is 9.15 Å². The molecule has 0 unspecified atom stereocenters. The van der Waals surface area contributed by atoms with Gasteiger partial charge in [0.25, 0.3) is 0 Å². The number of fused-ring (bicyclic) bond motifs is 2. The van der Waals surface area contributed by atoms with Crippen molar-refractivity contribution in [3.63, 3.8) is 0 Å². The van der Waals surface area contributed by atoms with Gasteiger partial charge in [0, 0.05) is 12.1 Å². The van der Waals surface area contributed by atoms with Gasteiger partial charge in [0.1, 0.15) is 17.0 Å². The van der Waals surface area contributed by atoms with Gasteiger partial charge in [0.05, 0.1) is 6.61 Å². The second-order valence-electron chi connectivity index (χ2n) is 5.38. The van der Waals surface area contributed by atoms with E-state index in [1.807, 2.05) is 18.2 Å². The molecule has 3 rings (SSSR count). The normalized spacial score (nSPS) is 11.1. The number of rotatable bonds is 6. The molecule has 1 heterocycles. The van der Waals surface area contributed by atoms with E-state index in [1.54, 1.807) is 6.07 Å². The van der Waals surface area contributed by atoms with Crippen molar-refractivity contribution in [2.75, 3.05) is 6.61 Å². The predicted octanol–water partition coefficient (Wildman–Crippen LogP) is 4.25. The number of nitrogens with zero attached hydrogens (tertiary/aromatic N) is 1. The molecule has 0 spiro atoms. The molecule has 1 aliphatic carbocycles.